The fraction of sp³-hybridized carbons (Fsp3) is 0.667. The first kappa shape index (κ1) is 12.2. The minimum Gasteiger partial charge on any atom is -0.343 e. The minimum absolute atomic E-state index is 0.571. The Labute approximate surface area is 82.2 Å². The number of hydrogen-bond acceptors (Lipinski definition) is 2. The Bertz CT molecular complexity index is 243. The average Bonchev–Trinajstić information content (AvgIpc) is 2.39. The van der Waals surface area contributed by atoms with Crippen LogP contribution in [0.4, 0.5) is 0 Å². The predicted octanol–water partition coefficient (Wildman–Crippen LogP) is 0.302. The van der Waals surface area contributed by atoms with Gasteiger partial charge in [-0.05, 0) is 14.1 Å². The molecule has 0 aliphatic heterocycles. The molecule has 0 unspecified atom stereocenters. The maximum Gasteiger partial charge on any atom is 0.167 e. The van der Waals surface area contributed by atoms with Crippen molar-refractivity contribution in [1.29, 1.82) is 0 Å². The average molecular weight is 179 g/mol. The molecule has 72 valence electrons. The second kappa shape index (κ2) is 5.81. The van der Waals surface area contributed by atoms with Crippen LogP contribution >= 0.6 is 0 Å². The smallest absolute Gasteiger partial charge is 0.167 e. The summed E-state index contributed by atoms with van der Waals surface area (Å²) in [5.41, 5.74) is 1.70. The molecule has 0 aromatic carbocycles. The second-order valence-corrected chi connectivity index (χ2v) is 2.90. The van der Waals surface area contributed by atoms with Gasteiger partial charge in [0.2, 0.25) is 0 Å². The van der Waals surface area contributed by atoms with Gasteiger partial charge in [0.05, 0.1) is 5.69 Å². The van der Waals surface area contributed by atoms with Gasteiger partial charge in [-0.15, -0.1) is 0 Å². The van der Waals surface area contributed by atoms with Gasteiger partial charge in [0, 0.05) is 25.5 Å². The summed E-state index contributed by atoms with van der Waals surface area (Å²) in [6, 6.07) is 0. The van der Waals surface area contributed by atoms with E-state index in [2.05, 4.69) is 9.88 Å². The van der Waals surface area contributed by atoms with Crippen LogP contribution in [0.25, 0.3) is 0 Å². The predicted molar refractivity (Wildman–Crippen MR) is 57.3 cm³/mol. The number of hydrogen-bond donors (Lipinski definition) is 0. The molecular formula is C9H18BN3. The quantitative estimate of drug-likeness (QED) is 0.609. The van der Waals surface area contributed by atoms with Crippen molar-refractivity contribution >= 4 is 13.6 Å². The van der Waals surface area contributed by atoms with Crippen LogP contribution in [0.5, 0.6) is 0 Å². The normalized spacial score (nSPS) is 9.69. The van der Waals surface area contributed by atoms with E-state index >= 15 is 0 Å². The fourth-order valence-electron chi connectivity index (χ4n) is 0.932. The molecule has 0 aliphatic carbocycles. The van der Waals surface area contributed by atoms with Gasteiger partial charge in [0.1, 0.15) is 0 Å². The summed E-state index contributed by atoms with van der Waals surface area (Å²) in [5, 5.41) is 0. The topological polar surface area (TPSA) is 21.1 Å². The molecule has 0 N–H and O–H groups in total. The van der Waals surface area contributed by atoms with Crippen LogP contribution < -0.4 is 5.72 Å². The van der Waals surface area contributed by atoms with Crippen LogP contribution in [0, 0.1) is 0 Å². The second-order valence-electron chi connectivity index (χ2n) is 2.90. The van der Waals surface area contributed by atoms with Crippen molar-refractivity contribution in [3.63, 3.8) is 0 Å². The number of rotatable bonds is 2. The highest BCUT2D eigenvalue weighted by atomic mass is 15.1. The summed E-state index contributed by atoms with van der Waals surface area (Å²) in [6.45, 7) is 4.88. The lowest BCUT2D eigenvalue weighted by molar-refractivity contribution is 0.391. The van der Waals surface area contributed by atoms with Crippen molar-refractivity contribution in [3.8, 4) is 0 Å². The lowest BCUT2D eigenvalue weighted by Crippen LogP contribution is -2.20. The molecule has 0 amide bonds. The SMILES string of the molecule is CC.[B]c1ncc(CN(C)C)n1C. The highest BCUT2D eigenvalue weighted by Gasteiger charge is 2.01. The van der Waals surface area contributed by atoms with Gasteiger partial charge in [-0.1, -0.05) is 13.8 Å². The maximum atomic E-state index is 5.55. The molecule has 0 atom stereocenters. The van der Waals surface area contributed by atoms with Crippen molar-refractivity contribution in [2.45, 2.75) is 20.4 Å². The van der Waals surface area contributed by atoms with E-state index in [9.17, 15) is 0 Å². The Morgan fingerprint density at radius 1 is 1.46 bits per heavy atom. The first-order valence-corrected chi connectivity index (χ1v) is 4.52. The molecule has 2 radical (unpaired) electrons. The number of aromatic nitrogens is 2. The van der Waals surface area contributed by atoms with Gasteiger partial charge < -0.3 is 9.47 Å². The molecular weight excluding hydrogens is 161 g/mol. The first-order chi connectivity index (χ1) is 6.11. The molecule has 1 aromatic rings. The zero-order valence-corrected chi connectivity index (χ0v) is 9.20. The molecule has 3 nitrogen and oxygen atoms in total. The molecule has 0 saturated carbocycles. The standard InChI is InChI=1S/C7H12BN3.C2H6/c1-10(2)5-6-4-9-7(8)11(6)3;1-2/h4H,5H2,1-3H3;1-2H3. The lowest BCUT2D eigenvalue weighted by atomic mass is 10.1. The van der Waals surface area contributed by atoms with Crippen molar-refractivity contribution in [3.05, 3.63) is 11.9 Å². The van der Waals surface area contributed by atoms with Gasteiger partial charge in [0.15, 0.2) is 7.85 Å². The van der Waals surface area contributed by atoms with Crippen LogP contribution in [0.1, 0.15) is 19.5 Å². The van der Waals surface area contributed by atoms with Gasteiger partial charge in [-0.3, -0.25) is 4.98 Å². The van der Waals surface area contributed by atoms with Crippen LogP contribution in [0.3, 0.4) is 0 Å². The molecule has 0 saturated heterocycles. The third-order valence-corrected chi connectivity index (χ3v) is 1.60. The van der Waals surface area contributed by atoms with Crippen molar-refractivity contribution in [1.82, 2.24) is 14.5 Å². The summed E-state index contributed by atoms with van der Waals surface area (Å²) in [6.07, 6.45) is 1.80. The molecule has 1 rings (SSSR count). The van der Waals surface area contributed by atoms with E-state index in [0.29, 0.717) is 5.72 Å². The fourth-order valence-corrected chi connectivity index (χ4v) is 0.932. The molecule has 1 aromatic heterocycles. The lowest BCUT2D eigenvalue weighted by Gasteiger charge is -2.09. The highest BCUT2D eigenvalue weighted by Crippen LogP contribution is 1.96. The van der Waals surface area contributed by atoms with Gasteiger partial charge >= 0.3 is 0 Å². The molecule has 4 heteroatoms. The Hall–Kier alpha value is -0.765. The van der Waals surface area contributed by atoms with Crippen LogP contribution in [0.2, 0.25) is 0 Å². The summed E-state index contributed by atoms with van der Waals surface area (Å²) in [5.74, 6) is 0. The van der Waals surface area contributed by atoms with E-state index in [4.69, 9.17) is 7.85 Å². The minimum atomic E-state index is 0.571. The third-order valence-electron chi connectivity index (χ3n) is 1.60. The van der Waals surface area contributed by atoms with E-state index < -0.39 is 0 Å². The van der Waals surface area contributed by atoms with Crippen molar-refractivity contribution < 1.29 is 0 Å². The maximum absolute atomic E-state index is 5.55. The highest BCUT2D eigenvalue weighted by molar-refractivity contribution is 6.29. The van der Waals surface area contributed by atoms with Crippen LogP contribution in [-0.4, -0.2) is 36.4 Å². The first-order valence-electron chi connectivity index (χ1n) is 4.52. The molecule has 0 bridgehead atoms. The third kappa shape index (κ3) is 3.64. The molecule has 0 fully saturated rings. The molecule has 1 heterocycles. The van der Waals surface area contributed by atoms with E-state index in [0.717, 1.165) is 12.2 Å². The van der Waals surface area contributed by atoms with Gasteiger partial charge in [0.25, 0.3) is 0 Å². The zero-order valence-electron chi connectivity index (χ0n) is 9.20. The van der Waals surface area contributed by atoms with E-state index in [1.807, 2.05) is 39.6 Å². The molecule has 13 heavy (non-hydrogen) atoms. The summed E-state index contributed by atoms with van der Waals surface area (Å²) < 4.78 is 1.89. The number of nitrogens with zero attached hydrogens (tertiary/aromatic N) is 3. The van der Waals surface area contributed by atoms with Crippen molar-refractivity contribution in [2.75, 3.05) is 14.1 Å². The van der Waals surface area contributed by atoms with E-state index in [1.54, 1.807) is 6.20 Å². The van der Waals surface area contributed by atoms with Gasteiger partial charge in [-0.25, -0.2) is 0 Å². The Morgan fingerprint density at radius 2 is 2.00 bits per heavy atom. The number of imidazole rings is 1. The summed E-state index contributed by atoms with van der Waals surface area (Å²) in [7, 11) is 11.5. The van der Waals surface area contributed by atoms with Gasteiger partial charge in [-0.2, -0.15) is 0 Å². The Balaban J connectivity index is 0.000000671. The molecule has 0 spiro atoms. The summed E-state index contributed by atoms with van der Waals surface area (Å²) >= 11 is 0. The monoisotopic (exact) mass is 179 g/mol. The van der Waals surface area contributed by atoms with E-state index in [1.165, 1.54) is 0 Å². The summed E-state index contributed by atoms with van der Waals surface area (Å²) in [4.78, 5) is 6.06. The molecule has 0 aliphatic rings. The van der Waals surface area contributed by atoms with Crippen molar-refractivity contribution in [2.24, 2.45) is 7.05 Å². The van der Waals surface area contributed by atoms with Crippen LogP contribution in [0.15, 0.2) is 6.20 Å². The zero-order chi connectivity index (χ0) is 10.4. The van der Waals surface area contributed by atoms with E-state index in [-0.39, 0.29) is 0 Å². The Kier molecular flexibility index (Phi) is 5.47. The Morgan fingerprint density at radius 3 is 2.31 bits per heavy atom. The van der Waals surface area contributed by atoms with Crippen LogP contribution in [-0.2, 0) is 13.6 Å². The largest absolute Gasteiger partial charge is 0.343 e.